The molecular weight excluding hydrogens is 230 g/mol. The molecule has 0 bridgehead atoms. The summed E-state index contributed by atoms with van der Waals surface area (Å²) in [5, 5.41) is 4.19. The maximum atomic E-state index is 6.22. The third-order valence-electron chi connectivity index (χ3n) is 2.74. The molecular formula is C15H22ClN. The minimum absolute atomic E-state index is 0.879. The summed E-state index contributed by atoms with van der Waals surface area (Å²) in [4.78, 5) is 0. The van der Waals surface area contributed by atoms with Crippen LogP contribution < -0.4 is 5.32 Å². The summed E-state index contributed by atoms with van der Waals surface area (Å²) >= 11 is 6.22. The molecule has 1 nitrogen and oxygen atoms in total. The quantitative estimate of drug-likeness (QED) is 0.592. The second-order valence-electron chi connectivity index (χ2n) is 4.46. The van der Waals surface area contributed by atoms with Crippen LogP contribution in [0.4, 0.5) is 0 Å². The summed E-state index contributed by atoms with van der Waals surface area (Å²) < 4.78 is 0. The number of aryl methyl sites for hydroxylation is 1. The first-order valence-electron chi connectivity index (χ1n) is 6.25. The molecule has 17 heavy (non-hydrogen) atoms. The molecule has 0 heterocycles. The molecule has 0 radical (unpaired) electrons. The van der Waals surface area contributed by atoms with E-state index < -0.39 is 0 Å². The summed E-state index contributed by atoms with van der Waals surface area (Å²) in [5.74, 6) is 0. The van der Waals surface area contributed by atoms with Gasteiger partial charge in [-0.3, -0.25) is 0 Å². The average Bonchev–Trinajstić information content (AvgIpc) is 2.28. The van der Waals surface area contributed by atoms with Crippen molar-refractivity contribution in [1.29, 1.82) is 0 Å². The van der Waals surface area contributed by atoms with Gasteiger partial charge in [-0.05, 0) is 57.0 Å². The Kier molecular flexibility index (Phi) is 6.31. The van der Waals surface area contributed by atoms with Crippen molar-refractivity contribution in [2.75, 3.05) is 13.1 Å². The fourth-order valence-corrected chi connectivity index (χ4v) is 2.07. The molecule has 0 atom stereocenters. The van der Waals surface area contributed by atoms with Crippen LogP contribution in [0.1, 0.15) is 31.4 Å². The molecule has 1 aromatic carbocycles. The first-order chi connectivity index (χ1) is 8.13. The molecule has 0 aliphatic heterocycles. The van der Waals surface area contributed by atoms with E-state index in [1.165, 1.54) is 16.7 Å². The molecule has 1 N–H and O–H groups in total. The number of rotatable bonds is 6. The third kappa shape index (κ3) is 5.38. The molecule has 0 amide bonds. The van der Waals surface area contributed by atoms with Gasteiger partial charge in [0.05, 0.1) is 0 Å². The number of halogens is 1. The van der Waals surface area contributed by atoms with Crippen molar-refractivity contribution in [2.45, 2.75) is 33.6 Å². The van der Waals surface area contributed by atoms with Gasteiger partial charge in [0.1, 0.15) is 0 Å². The van der Waals surface area contributed by atoms with Crippen molar-refractivity contribution in [3.8, 4) is 0 Å². The van der Waals surface area contributed by atoms with Crippen LogP contribution in [0, 0.1) is 6.92 Å². The summed E-state index contributed by atoms with van der Waals surface area (Å²) in [6, 6.07) is 6.27. The van der Waals surface area contributed by atoms with Crippen LogP contribution in [-0.2, 0) is 6.42 Å². The van der Waals surface area contributed by atoms with E-state index >= 15 is 0 Å². The highest BCUT2D eigenvalue weighted by molar-refractivity contribution is 6.31. The van der Waals surface area contributed by atoms with Gasteiger partial charge in [-0.1, -0.05) is 42.3 Å². The Morgan fingerprint density at radius 1 is 1.41 bits per heavy atom. The Hall–Kier alpha value is -0.790. The molecule has 0 fully saturated rings. The lowest BCUT2D eigenvalue weighted by Gasteiger charge is -2.06. The van der Waals surface area contributed by atoms with E-state index in [0.29, 0.717) is 0 Å². The summed E-state index contributed by atoms with van der Waals surface area (Å²) in [5.41, 5.74) is 3.82. The molecule has 0 saturated carbocycles. The van der Waals surface area contributed by atoms with Crippen molar-refractivity contribution in [3.05, 3.63) is 46.0 Å². The molecule has 94 valence electrons. The predicted molar refractivity (Wildman–Crippen MR) is 76.8 cm³/mol. The van der Waals surface area contributed by atoms with Crippen LogP contribution >= 0.6 is 11.6 Å². The lowest BCUT2D eigenvalue weighted by atomic mass is 10.0. The second-order valence-corrected chi connectivity index (χ2v) is 4.87. The molecule has 0 aliphatic rings. The van der Waals surface area contributed by atoms with Gasteiger partial charge in [0.2, 0.25) is 0 Å². The summed E-state index contributed by atoms with van der Waals surface area (Å²) in [7, 11) is 0. The zero-order chi connectivity index (χ0) is 12.7. The van der Waals surface area contributed by atoms with Crippen LogP contribution in [-0.4, -0.2) is 13.1 Å². The summed E-state index contributed by atoms with van der Waals surface area (Å²) in [6.45, 7) is 8.45. The number of allylic oxidation sites excluding steroid dienone is 1. The van der Waals surface area contributed by atoms with E-state index in [0.717, 1.165) is 31.0 Å². The molecule has 0 unspecified atom stereocenters. The standard InChI is InChI=1S/C15H22ClN/c1-4-17-9-5-6-12(2)10-14-8-7-13(3)11-15(14)16/h6-8,11,17H,4-5,9-10H2,1-3H3/b12-6-. The van der Waals surface area contributed by atoms with Crippen LogP contribution in [0.3, 0.4) is 0 Å². The Bertz CT molecular complexity index is 383. The molecule has 1 aromatic rings. The van der Waals surface area contributed by atoms with E-state index in [-0.39, 0.29) is 0 Å². The Labute approximate surface area is 110 Å². The first kappa shape index (κ1) is 14.3. The van der Waals surface area contributed by atoms with Gasteiger partial charge in [-0.2, -0.15) is 0 Å². The van der Waals surface area contributed by atoms with E-state index in [2.05, 4.69) is 44.3 Å². The number of nitrogens with one attached hydrogen (secondary N) is 1. The topological polar surface area (TPSA) is 12.0 Å². The fraction of sp³-hybridized carbons (Fsp3) is 0.467. The molecule has 0 spiro atoms. The Morgan fingerprint density at radius 3 is 2.82 bits per heavy atom. The predicted octanol–water partition coefficient (Wildman–Crippen LogP) is 4.14. The smallest absolute Gasteiger partial charge is 0.0443 e. The SMILES string of the molecule is CCNCC/C=C(/C)Cc1ccc(C)cc1Cl. The largest absolute Gasteiger partial charge is 0.317 e. The minimum atomic E-state index is 0.879. The van der Waals surface area contributed by atoms with Crippen molar-refractivity contribution in [1.82, 2.24) is 5.32 Å². The average molecular weight is 252 g/mol. The summed E-state index contributed by atoms with van der Waals surface area (Å²) in [6.07, 6.45) is 4.33. The fourth-order valence-electron chi connectivity index (χ4n) is 1.77. The zero-order valence-corrected chi connectivity index (χ0v) is 11.8. The number of hydrogen-bond donors (Lipinski definition) is 1. The van der Waals surface area contributed by atoms with Crippen molar-refractivity contribution in [3.63, 3.8) is 0 Å². The highest BCUT2D eigenvalue weighted by Crippen LogP contribution is 2.20. The van der Waals surface area contributed by atoms with Crippen molar-refractivity contribution < 1.29 is 0 Å². The van der Waals surface area contributed by atoms with Gasteiger partial charge in [-0.15, -0.1) is 0 Å². The molecule has 0 aliphatic carbocycles. The van der Waals surface area contributed by atoms with E-state index in [4.69, 9.17) is 11.6 Å². The van der Waals surface area contributed by atoms with Gasteiger partial charge < -0.3 is 5.32 Å². The van der Waals surface area contributed by atoms with Crippen molar-refractivity contribution >= 4 is 11.6 Å². The van der Waals surface area contributed by atoms with Gasteiger partial charge in [0.25, 0.3) is 0 Å². The van der Waals surface area contributed by atoms with Crippen LogP contribution in [0.5, 0.6) is 0 Å². The van der Waals surface area contributed by atoms with E-state index in [1.54, 1.807) is 0 Å². The maximum absolute atomic E-state index is 6.22. The van der Waals surface area contributed by atoms with E-state index in [9.17, 15) is 0 Å². The normalized spacial score (nSPS) is 11.9. The highest BCUT2D eigenvalue weighted by Gasteiger charge is 2.01. The molecule has 2 heteroatoms. The maximum Gasteiger partial charge on any atom is 0.0443 e. The number of benzene rings is 1. The number of hydrogen-bond acceptors (Lipinski definition) is 1. The van der Waals surface area contributed by atoms with Gasteiger partial charge in [-0.25, -0.2) is 0 Å². The monoisotopic (exact) mass is 251 g/mol. The van der Waals surface area contributed by atoms with Crippen LogP contribution in [0.25, 0.3) is 0 Å². The first-order valence-corrected chi connectivity index (χ1v) is 6.62. The van der Waals surface area contributed by atoms with E-state index in [1.807, 2.05) is 6.07 Å². The second kappa shape index (κ2) is 7.52. The van der Waals surface area contributed by atoms with Gasteiger partial charge in [0, 0.05) is 5.02 Å². The van der Waals surface area contributed by atoms with Crippen LogP contribution in [0.2, 0.25) is 5.02 Å². The van der Waals surface area contributed by atoms with Crippen molar-refractivity contribution in [2.24, 2.45) is 0 Å². The lowest BCUT2D eigenvalue weighted by Crippen LogP contribution is -2.13. The zero-order valence-electron chi connectivity index (χ0n) is 11.0. The van der Waals surface area contributed by atoms with Crippen LogP contribution in [0.15, 0.2) is 29.8 Å². The minimum Gasteiger partial charge on any atom is -0.317 e. The Balaban J connectivity index is 2.52. The van der Waals surface area contributed by atoms with Gasteiger partial charge >= 0.3 is 0 Å². The van der Waals surface area contributed by atoms with Gasteiger partial charge in [0.15, 0.2) is 0 Å². The molecule has 0 aromatic heterocycles. The highest BCUT2D eigenvalue weighted by atomic mass is 35.5. The lowest BCUT2D eigenvalue weighted by molar-refractivity contribution is 0.724. The third-order valence-corrected chi connectivity index (χ3v) is 3.09. The Morgan fingerprint density at radius 2 is 2.18 bits per heavy atom. The molecule has 1 rings (SSSR count). The molecule has 0 saturated heterocycles.